The van der Waals surface area contributed by atoms with Gasteiger partial charge in [0.2, 0.25) is 5.95 Å². The number of methoxy groups -OCH3 is 1. The van der Waals surface area contributed by atoms with E-state index in [1.54, 1.807) is 13.0 Å². The summed E-state index contributed by atoms with van der Waals surface area (Å²) in [6.45, 7) is 2.01. The highest BCUT2D eigenvalue weighted by Gasteiger charge is 2.12. The number of anilines is 1. The zero-order valence-electron chi connectivity index (χ0n) is 10.2. The van der Waals surface area contributed by atoms with Crippen LogP contribution in [0.3, 0.4) is 0 Å². The Morgan fingerprint density at radius 3 is 2.94 bits per heavy atom. The number of carboxylic acid groups (broad SMARTS) is 1. The first kappa shape index (κ1) is 13.9. The molecule has 0 saturated heterocycles. The third-order valence-electron chi connectivity index (χ3n) is 2.19. The molecule has 7 nitrogen and oxygen atoms in total. The summed E-state index contributed by atoms with van der Waals surface area (Å²) in [4.78, 5) is 18.6. The van der Waals surface area contributed by atoms with Crippen molar-refractivity contribution in [3.05, 3.63) is 17.5 Å². The first-order chi connectivity index (χ1) is 8.55. The van der Waals surface area contributed by atoms with Crippen LogP contribution in [0.25, 0.3) is 0 Å². The zero-order chi connectivity index (χ0) is 13.5. The molecule has 0 radical (unpaired) electrons. The number of hydrogen-bond acceptors (Lipinski definition) is 6. The van der Waals surface area contributed by atoms with Gasteiger partial charge in [-0.25, -0.2) is 9.97 Å². The predicted octanol–water partition coefficient (Wildman–Crippen LogP) is 0.558. The van der Waals surface area contributed by atoms with Crippen molar-refractivity contribution < 1.29 is 14.6 Å². The van der Waals surface area contributed by atoms with Gasteiger partial charge in [-0.05, 0) is 13.0 Å². The third kappa shape index (κ3) is 4.35. The van der Waals surface area contributed by atoms with Gasteiger partial charge in [0.05, 0.1) is 12.5 Å². The molecular weight excluding hydrogens is 236 g/mol. The molecule has 0 aromatic carbocycles. The molecule has 7 heteroatoms. The summed E-state index contributed by atoms with van der Waals surface area (Å²) in [5.41, 5.74) is 0.924. The third-order valence-corrected chi connectivity index (χ3v) is 2.19. The van der Waals surface area contributed by atoms with E-state index < -0.39 is 12.1 Å². The summed E-state index contributed by atoms with van der Waals surface area (Å²) in [5, 5.41) is 20.3. The number of aromatic nitrogens is 2. The molecule has 1 atom stereocenters. The van der Waals surface area contributed by atoms with E-state index in [2.05, 4.69) is 15.3 Å². The minimum atomic E-state index is -0.938. The fourth-order valence-corrected chi connectivity index (χ4v) is 1.34. The van der Waals surface area contributed by atoms with Crippen LogP contribution in [-0.4, -0.2) is 40.8 Å². The van der Waals surface area contributed by atoms with Crippen molar-refractivity contribution in [3.63, 3.8) is 0 Å². The Hall–Kier alpha value is -2.20. The van der Waals surface area contributed by atoms with Crippen LogP contribution in [0.15, 0.2) is 6.07 Å². The second-order valence-corrected chi connectivity index (χ2v) is 3.67. The minimum absolute atomic E-state index is 0.111. The number of carbonyl (C=O) groups is 1. The summed E-state index contributed by atoms with van der Waals surface area (Å²) >= 11 is 0. The Morgan fingerprint density at radius 2 is 2.39 bits per heavy atom. The van der Waals surface area contributed by atoms with E-state index in [0.717, 1.165) is 0 Å². The molecule has 0 amide bonds. The van der Waals surface area contributed by atoms with Crippen molar-refractivity contribution in [2.24, 2.45) is 0 Å². The van der Waals surface area contributed by atoms with Gasteiger partial charge in [-0.1, -0.05) is 0 Å². The number of hydrogen-bond donors (Lipinski definition) is 2. The lowest BCUT2D eigenvalue weighted by Crippen LogP contribution is -2.25. The highest BCUT2D eigenvalue weighted by molar-refractivity contribution is 5.67. The van der Waals surface area contributed by atoms with Crippen molar-refractivity contribution in [1.82, 2.24) is 9.97 Å². The molecule has 1 aromatic rings. The van der Waals surface area contributed by atoms with Gasteiger partial charge >= 0.3 is 5.97 Å². The van der Waals surface area contributed by atoms with Crippen LogP contribution >= 0.6 is 0 Å². The molecule has 0 fully saturated rings. The summed E-state index contributed by atoms with van der Waals surface area (Å²) in [5.74, 6) is -0.648. The maximum atomic E-state index is 10.6. The molecule has 96 valence electrons. The summed E-state index contributed by atoms with van der Waals surface area (Å²) in [6, 6.07) is 3.49. The van der Waals surface area contributed by atoms with Crippen molar-refractivity contribution in [1.29, 1.82) is 5.26 Å². The van der Waals surface area contributed by atoms with Gasteiger partial charge in [0.25, 0.3) is 0 Å². The van der Waals surface area contributed by atoms with Crippen LogP contribution in [0, 0.1) is 18.3 Å². The molecule has 2 N–H and O–H groups in total. The van der Waals surface area contributed by atoms with E-state index in [9.17, 15) is 4.79 Å². The van der Waals surface area contributed by atoms with E-state index in [1.165, 1.54) is 7.11 Å². The molecule has 0 aliphatic carbocycles. The number of nitriles is 1. The second-order valence-electron chi connectivity index (χ2n) is 3.67. The predicted molar refractivity (Wildman–Crippen MR) is 63.0 cm³/mol. The van der Waals surface area contributed by atoms with Gasteiger partial charge in [0.15, 0.2) is 0 Å². The quantitative estimate of drug-likeness (QED) is 0.759. The Balaban J connectivity index is 2.65. The Labute approximate surface area is 104 Å². The van der Waals surface area contributed by atoms with Crippen molar-refractivity contribution in [2.75, 3.05) is 19.0 Å². The van der Waals surface area contributed by atoms with Gasteiger partial charge in [-0.2, -0.15) is 5.26 Å². The summed E-state index contributed by atoms with van der Waals surface area (Å²) in [7, 11) is 1.44. The number of carboxylic acids is 1. The number of ether oxygens (including phenoxy) is 1. The normalized spacial score (nSPS) is 11.6. The summed E-state index contributed by atoms with van der Waals surface area (Å²) in [6.07, 6.45) is -0.586. The molecule has 0 bridgehead atoms. The molecule has 0 saturated carbocycles. The number of rotatable bonds is 6. The molecule has 0 aliphatic rings. The lowest BCUT2D eigenvalue weighted by atomic mass is 10.2. The van der Waals surface area contributed by atoms with Crippen LogP contribution < -0.4 is 5.32 Å². The highest BCUT2D eigenvalue weighted by Crippen LogP contribution is 2.05. The number of nitrogens with zero attached hydrogens (tertiary/aromatic N) is 3. The molecule has 1 unspecified atom stereocenters. The zero-order valence-corrected chi connectivity index (χ0v) is 10.2. The Bertz CT molecular complexity index is 470. The van der Waals surface area contributed by atoms with Gasteiger partial charge in [-0.15, -0.1) is 0 Å². The van der Waals surface area contributed by atoms with Crippen LogP contribution in [-0.2, 0) is 9.53 Å². The van der Waals surface area contributed by atoms with Gasteiger partial charge in [0.1, 0.15) is 11.8 Å². The smallest absolute Gasteiger partial charge is 0.306 e. The molecule has 0 aliphatic heterocycles. The van der Waals surface area contributed by atoms with Crippen molar-refractivity contribution in [3.8, 4) is 6.07 Å². The van der Waals surface area contributed by atoms with Gasteiger partial charge in [-0.3, -0.25) is 4.79 Å². The van der Waals surface area contributed by atoms with E-state index in [-0.39, 0.29) is 18.7 Å². The van der Waals surface area contributed by atoms with Crippen molar-refractivity contribution >= 4 is 11.9 Å². The van der Waals surface area contributed by atoms with E-state index in [1.807, 2.05) is 6.07 Å². The maximum Gasteiger partial charge on any atom is 0.306 e. The Kier molecular flexibility index (Phi) is 5.02. The fourth-order valence-electron chi connectivity index (χ4n) is 1.34. The molecule has 18 heavy (non-hydrogen) atoms. The molecular formula is C11H14N4O3. The van der Waals surface area contributed by atoms with Crippen LogP contribution in [0.5, 0.6) is 0 Å². The molecule has 1 heterocycles. The van der Waals surface area contributed by atoms with Crippen LogP contribution in [0.1, 0.15) is 17.8 Å². The maximum absolute atomic E-state index is 10.6. The first-order valence-corrected chi connectivity index (χ1v) is 5.29. The molecule has 1 rings (SSSR count). The van der Waals surface area contributed by atoms with Gasteiger partial charge < -0.3 is 15.2 Å². The van der Waals surface area contributed by atoms with Crippen molar-refractivity contribution in [2.45, 2.75) is 19.4 Å². The summed E-state index contributed by atoms with van der Waals surface area (Å²) < 4.78 is 5.01. The van der Waals surface area contributed by atoms with E-state index in [4.69, 9.17) is 15.1 Å². The number of nitrogens with one attached hydrogen (secondary N) is 1. The molecule has 1 aromatic heterocycles. The van der Waals surface area contributed by atoms with E-state index in [0.29, 0.717) is 11.6 Å². The Morgan fingerprint density at radius 1 is 1.67 bits per heavy atom. The molecule has 0 spiro atoms. The van der Waals surface area contributed by atoms with E-state index >= 15 is 0 Å². The topological polar surface area (TPSA) is 108 Å². The second kappa shape index (κ2) is 6.51. The number of aryl methyl sites for hydroxylation is 1. The standard InChI is InChI=1S/C11H14N4O3/c1-7-3-8(5-12)15-11(14-7)13-6-9(18-2)4-10(16)17/h3,9H,4,6H2,1-2H3,(H,16,17)(H,13,14,15). The average molecular weight is 250 g/mol. The monoisotopic (exact) mass is 250 g/mol. The average Bonchev–Trinajstić information content (AvgIpc) is 2.33. The number of aliphatic carboxylic acids is 1. The SMILES string of the molecule is COC(CNc1nc(C)cc(C#N)n1)CC(=O)O. The lowest BCUT2D eigenvalue weighted by molar-refractivity contribution is -0.139. The minimum Gasteiger partial charge on any atom is -0.481 e. The fraction of sp³-hybridized carbons (Fsp3) is 0.455. The lowest BCUT2D eigenvalue weighted by Gasteiger charge is -2.14. The highest BCUT2D eigenvalue weighted by atomic mass is 16.5. The van der Waals surface area contributed by atoms with Crippen LogP contribution in [0.4, 0.5) is 5.95 Å². The first-order valence-electron chi connectivity index (χ1n) is 5.29. The van der Waals surface area contributed by atoms with Crippen LogP contribution in [0.2, 0.25) is 0 Å². The largest absolute Gasteiger partial charge is 0.481 e. The van der Waals surface area contributed by atoms with Gasteiger partial charge in [0, 0.05) is 19.3 Å².